The highest BCUT2D eigenvalue weighted by Crippen LogP contribution is 2.38. The molecule has 39 heavy (non-hydrogen) atoms. The van der Waals surface area contributed by atoms with Gasteiger partial charge in [-0.1, -0.05) is 60.1 Å². The van der Waals surface area contributed by atoms with E-state index in [0.29, 0.717) is 16.1 Å². The quantitative estimate of drug-likeness (QED) is 0.173. The first-order valence-electron chi connectivity index (χ1n) is 11.5. The maximum Gasteiger partial charge on any atom is 0.336 e. The zero-order valence-corrected chi connectivity index (χ0v) is 21.7. The van der Waals surface area contributed by atoms with Crippen LogP contribution >= 0.6 is 23.4 Å². The molecule has 4 aromatic carbocycles. The van der Waals surface area contributed by atoms with Crippen molar-refractivity contribution in [2.75, 3.05) is 10.6 Å². The van der Waals surface area contributed by atoms with Crippen LogP contribution in [0.5, 0.6) is 0 Å². The SMILES string of the molecule is O=C(O)c1ccc(Cl)c(NC(=O)C(Sc2cccc(NC(=O)c3ccccc3C(=O)O)c2)c2ccccc2)c1. The largest absolute Gasteiger partial charge is 0.478 e. The van der Waals surface area contributed by atoms with Crippen LogP contribution in [0, 0.1) is 0 Å². The molecule has 0 fully saturated rings. The number of thioether (sulfide) groups is 1. The zero-order valence-electron chi connectivity index (χ0n) is 20.1. The van der Waals surface area contributed by atoms with Crippen LogP contribution in [0.15, 0.2) is 102 Å². The van der Waals surface area contributed by atoms with Gasteiger partial charge in [0.15, 0.2) is 0 Å². The van der Waals surface area contributed by atoms with E-state index in [-0.39, 0.29) is 27.4 Å². The Balaban J connectivity index is 1.58. The molecule has 8 nitrogen and oxygen atoms in total. The summed E-state index contributed by atoms with van der Waals surface area (Å²) in [5.41, 5.74) is 1.15. The molecule has 10 heteroatoms. The van der Waals surface area contributed by atoms with E-state index in [2.05, 4.69) is 10.6 Å². The van der Waals surface area contributed by atoms with Gasteiger partial charge in [-0.05, 0) is 54.1 Å². The van der Waals surface area contributed by atoms with Gasteiger partial charge in [-0.2, -0.15) is 0 Å². The lowest BCUT2D eigenvalue weighted by atomic mass is 10.1. The molecule has 0 aromatic heterocycles. The van der Waals surface area contributed by atoms with Gasteiger partial charge in [0.1, 0.15) is 5.25 Å². The highest BCUT2D eigenvalue weighted by atomic mass is 35.5. The smallest absolute Gasteiger partial charge is 0.336 e. The second kappa shape index (κ2) is 12.3. The van der Waals surface area contributed by atoms with Crippen LogP contribution in [0.3, 0.4) is 0 Å². The normalized spacial score (nSPS) is 11.3. The number of nitrogens with one attached hydrogen (secondary N) is 2. The van der Waals surface area contributed by atoms with Gasteiger partial charge in [0.05, 0.1) is 27.4 Å². The number of hydrogen-bond acceptors (Lipinski definition) is 5. The van der Waals surface area contributed by atoms with E-state index in [1.165, 1.54) is 48.2 Å². The number of halogens is 1. The average molecular weight is 561 g/mol. The average Bonchev–Trinajstić information content (AvgIpc) is 2.93. The van der Waals surface area contributed by atoms with Crippen molar-refractivity contribution in [3.05, 3.63) is 124 Å². The zero-order chi connectivity index (χ0) is 27.9. The Hall–Kier alpha value is -4.60. The number of carboxylic acid groups (broad SMARTS) is 2. The summed E-state index contributed by atoms with van der Waals surface area (Å²) in [5.74, 6) is -3.38. The molecule has 0 radical (unpaired) electrons. The van der Waals surface area contributed by atoms with Crippen LogP contribution in [0.2, 0.25) is 5.02 Å². The van der Waals surface area contributed by atoms with Gasteiger partial charge in [0, 0.05) is 10.6 Å². The molecule has 1 atom stereocenters. The highest BCUT2D eigenvalue weighted by Gasteiger charge is 2.24. The monoisotopic (exact) mass is 560 g/mol. The van der Waals surface area contributed by atoms with Crippen molar-refractivity contribution in [2.24, 2.45) is 0 Å². The molecule has 2 amide bonds. The molecule has 196 valence electrons. The molecule has 4 N–H and O–H groups in total. The standard InChI is InChI=1S/C29H21ClN2O6S/c30-23-14-13-18(28(35)36)15-24(23)32-27(34)25(17-7-2-1-3-8-17)39-20-10-6-9-19(16-20)31-26(33)21-11-4-5-12-22(21)29(37)38/h1-16,25H,(H,31,33)(H,32,34)(H,35,36)(H,37,38). The lowest BCUT2D eigenvalue weighted by Gasteiger charge is -2.18. The highest BCUT2D eigenvalue weighted by molar-refractivity contribution is 8.00. The number of hydrogen-bond donors (Lipinski definition) is 4. The second-order valence-corrected chi connectivity index (χ2v) is 9.82. The first-order chi connectivity index (χ1) is 18.7. The molecule has 1 unspecified atom stereocenters. The fraction of sp³-hybridized carbons (Fsp3) is 0.0345. The number of carbonyl (C=O) groups excluding carboxylic acids is 2. The van der Waals surface area contributed by atoms with Gasteiger partial charge >= 0.3 is 11.9 Å². The number of carbonyl (C=O) groups is 4. The number of aromatic carboxylic acids is 2. The summed E-state index contributed by atoms with van der Waals surface area (Å²) >= 11 is 7.43. The Morgan fingerprint density at radius 2 is 1.41 bits per heavy atom. The molecule has 0 saturated carbocycles. The minimum atomic E-state index is -1.21. The predicted octanol–water partition coefficient (Wildman–Crippen LogP) is 6.46. The number of carboxylic acids is 2. The maximum absolute atomic E-state index is 13.4. The third-order valence-corrected chi connectivity index (χ3v) is 7.14. The van der Waals surface area contributed by atoms with Crippen LogP contribution < -0.4 is 10.6 Å². The number of amides is 2. The molecule has 0 spiro atoms. The van der Waals surface area contributed by atoms with E-state index in [0.717, 1.165) is 0 Å². The summed E-state index contributed by atoms with van der Waals surface area (Å²) in [6, 6.07) is 25.7. The minimum absolute atomic E-state index is 0.0186. The van der Waals surface area contributed by atoms with Crippen molar-refractivity contribution in [1.82, 2.24) is 0 Å². The molecule has 4 aromatic rings. The second-order valence-electron chi connectivity index (χ2n) is 8.23. The van der Waals surface area contributed by atoms with Gasteiger partial charge in [0.2, 0.25) is 5.91 Å². The van der Waals surface area contributed by atoms with Crippen molar-refractivity contribution >= 4 is 58.5 Å². The number of anilines is 2. The lowest BCUT2D eigenvalue weighted by molar-refractivity contribution is -0.115. The van der Waals surface area contributed by atoms with Crippen molar-refractivity contribution in [3.8, 4) is 0 Å². The van der Waals surface area contributed by atoms with Crippen LogP contribution in [0.1, 0.15) is 41.9 Å². The summed E-state index contributed by atoms with van der Waals surface area (Å²) < 4.78 is 0. The van der Waals surface area contributed by atoms with Gasteiger partial charge in [-0.15, -0.1) is 11.8 Å². The number of rotatable bonds is 9. The van der Waals surface area contributed by atoms with Gasteiger partial charge < -0.3 is 20.8 Å². The molecule has 0 aliphatic carbocycles. The summed E-state index contributed by atoms with van der Waals surface area (Å²) in [7, 11) is 0. The van der Waals surface area contributed by atoms with Crippen molar-refractivity contribution in [3.63, 3.8) is 0 Å². The van der Waals surface area contributed by atoms with Crippen molar-refractivity contribution in [2.45, 2.75) is 10.1 Å². The van der Waals surface area contributed by atoms with Gasteiger partial charge in [-0.25, -0.2) is 9.59 Å². The van der Waals surface area contributed by atoms with E-state index < -0.39 is 29.0 Å². The Kier molecular flexibility index (Phi) is 8.65. The van der Waals surface area contributed by atoms with E-state index in [1.54, 1.807) is 54.6 Å². The molecule has 0 bridgehead atoms. The summed E-state index contributed by atoms with van der Waals surface area (Å²) in [6.07, 6.45) is 0. The Labute approximate surface area is 232 Å². The predicted molar refractivity (Wildman–Crippen MR) is 150 cm³/mol. The van der Waals surface area contributed by atoms with E-state index in [1.807, 2.05) is 6.07 Å². The van der Waals surface area contributed by atoms with Gasteiger partial charge in [-0.3, -0.25) is 9.59 Å². The van der Waals surface area contributed by atoms with Crippen LogP contribution in [-0.2, 0) is 4.79 Å². The topological polar surface area (TPSA) is 133 Å². The fourth-order valence-electron chi connectivity index (χ4n) is 3.70. The Morgan fingerprint density at radius 1 is 0.718 bits per heavy atom. The summed E-state index contributed by atoms with van der Waals surface area (Å²) in [6.45, 7) is 0. The van der Waals surface area contributed by atoms with Crippen molar-refractivity contribution < 1.29 is 29.4 Å². The van der Waals surface area contributed by atoms with E-state index in [9.17, 15) is 29.4 Å². The molecular weight excluding hydrogens is 540 g/mol. The van der Waals surface area contributed by atoms with Crippen molar-refractivity contribution in [1.29, 1.82) is 0 Å². The first kappa shape index (κ1) is 27.4. The third kappa shape index (κ3) is 6.84. The lowest BCUT2D eigenvalue weighted by Crippen LogP contribution is -2.19. The maximum atomic E-state index is 13.4. The van der Waals surface area contributed by atoms with Crippen LogP contribution in [0.4, 0.5) is 11.4 Å². The van der Waals surface area contributed by atoms with E-state index in [4.69, 9.17) is 11.6 Å². The number of benzene rings is 4. The minimum Gasteiger partial charge on any atom is -0.478 e. The van der Waals surface area contributed by atoms with Crippen LogP contribution in [-0.4, -0.2) is 34.0 Å². The van der Waals surface area contributed by atoms with Gasteiger partial charge in [0.25, 0.3) is 5.91 Å². The molecule has 0 heterocycles. The first-order valence-corrected chi connectivity index (χ1v) is 12.8. The summed E-state index contributed by atoms with van der Waals surface area (Å²) in [5, 5.41) is 23.6. The molecular formula is C29H21ClN2O6S. The van der Waals surface area contributed by atoms with E-state index >= 15 is 0 Å². The third-order valence-electron chi connectivity index (χ3n) is 5.56. The molecule has 0 aliphatic rings. The molecule has 4 rings (SSSR count). The molecule has 0 saturated heterocycles. The molecule has 0 aliphatic heterocycles. The fourth-order valence-corrected chi connectivity index (χ4v) is 4.95. The van der Waals surface area contributed by atoms with Crippen LogP contribution in [0.25, 0.3) is 0 Å². The summed E-state index contributed by atoms with van der Waals surface area (Å²) in [4.78, 5) is 49.8. The Bertz CT molecular complexity index is 1560. The Morgan fingerprint density at radius 3 is 2.10 bits per heavy atom.